The molecule has 4 aromatic rings. The van der Waals surface area contributed by atoms with Crippen molar-refractivity contribution in [1.82, 2.24) is 14.9 Å². The minimum absolute atomic E-state index is 0.133. The summed E-state index contributed by atoms with van der Waals surface area (Å²) in [5, 5.41) is 4.04. The van der Waals surface area contributed by atoms with Crippen molar-refractivity contribution in [2.45, 2.75) is 25.2 Å². The number of piperidine rings is 1. The van der Waals surface area contributed by atoms with Crippen molar-refractivity contribution in [2.75, 3.05) is 34.4 Å². The zero-order chi connectivity index (χ0) is 24.4. The van der Waals surface area contributed by atoms with Gasteiger partial charge in [-0.05, 0) is 60.7 Å². The maximum Gasteiger partial charge on any atom is 0.228 e. The van der Waals surface area contributed by atoms with Gasteiger partial charge in [-0.15, -0.1) is 11.3 Å². The summed E-state index contributed by atoms with van der Waals surface area (Å²) < 4.78 is 16.1. The first-order chi connectivity index (χ1) is 17.1. The number of fused-ring (bicyclic) bond motifs is 1. The van der Waals surface area contributed by atoms with E-state index in [-0.39, 0.29) is 5.91 Å². The van der Waals surface area contributed by atoms with Gasteiger partial charge in [0.05, 0.1) is 33.4 Å². The molecule has 0 aliphatic carbocycles. The molecule has 3 heterocycles. The number of methoxy groups -OCH3 is 3. The number of hydrogen-bond donors (Lipinski definition) is 1. The molecular weight excluding hydrogens is 462 g/mol. The van der Waals surface area contributed by atoms with E-state index in [2.05, 4.69) is 23.3 Å². The molecule has 1 fully saturated rings. The van der Waals surface area contributed by atoms with Crippen molar-refractivity contribution < 1.29 is 19.0 Å². The Morgan fingerprint density at radius 3 is 2.60 bits per heavy atom. The average molecular weight is 492 g/mol. The largest absolute Gasteiger partial charge is 0.497 e. The maximum absolute atomic E-state index is 13.0. The highest BCUT2D eigenvalue weighted by Gasteiger charge is 2.26. The number of likely N-dealkylation sites (tertiary alicyclic amines) is 1. The summed E-state index contributed by atoms with van der Waals surface area (Å²) in [6.45, 7) is 1.51. The molecule has 0 unspecified atom stereocenters. The molecule has 8 heteroatoms. The van der Waals surface area contributed by atoms with Crippen LogP contribution in [0.15, 0.2) is 48.0 Å². The molecule has 1 amide bonds. The summed E-state index contributed by atoms with van der Waals surface area (Å²) >= 11 is 1.53. The van der Waals surface area contributed by atoms with E-state index in [9.17, 15) is 4.79 Å². The first-order valence-corrected chi connectivity index (χ1v) is 12.6. The third-order valence-electron chi connectivity index (χ3n) is 6.72. The summed E-state index contributed by atoms with van der Waals surface area (Å²) in [5.41, 5.74) is 4.18. The van der Waals surface area contributed by atoms with Crippen molar-refractivity contribution in [3.8, 4) is 27.8 Å². The second-order valence-electron chi connectivity index (χ2n) is 8.70. The number of carbonyl (C=O) groups is 1. The monoisotopic (exact) mass is 491 g/mol. The van der Waals surface area contributed by atoms with E-state index in [0.717, 1.165) is 53.5 Å². The van der Waals surface area contributed by atoms with Gasteiger partial charge in [0.15, 0.2) is 11.5 Å². The maximum atomic E-state index is 13.0. The number of ether oxygens (including phenoxy) is 3. The molecule has 182 valence electrons. The van der Waals surface area contributed by atoms with E-state index in [0.29, 0.717) is 23.8 Å². The van der Waals surface area contributed by atoms with Gasteiger partial charge < -0.3 is 24.1 Å². The average Bonchev–Trinajstić information content (AvgIpc) is 3.55. The Hall–Kier alpha value is -3.52. The molecule has 2 aromatic heterocycles. The van der Waals surface area contributed by atoms with Crippen LogP contribution in [-0.4, -0.2) is 55.2 Å². The SMILES string of the molecule is COc1ccc2[nH]cc(C3CCN(C(=O)Cc4csc(-c5ccc(OC)c(OC)c5)n4)CC3)c2c1. The van der Waals surface area contributed by atoms with E-state index in [1.54, 1.807) is 21.3 Å². The number of nitrogens with zero attached hydrogens (tertiary/aromatic N) is 2. The quantitative estimate of drug-likeness (QED) is 0.381. The van der Waals surface area contributed by atoms with Crippen LogP contribution in [0.4, 0.5) is 0 Å². The number of aromatic amines is 1. The highest BCUT2D eigenvalue weighted by Crippen LogP contribution is 2.36. The molecule has 0 spiro atoms. The predicted molar refractivity (Wildman–Crippen MR) is 138 cm³/mol. The van der Waals surface area contributed by atoms with Crippen LogP contribution in [0.5, 0.6) is 17.2 Å². The van der Waals surface area contributed by atoms with Gasteiger partial charge in [0, 0.05) is 41.1 Å². The Balaban J connectivity index is 1.21. The smallest absolute Gasteiger partial charge is 0.228 e. The predicted octanol–water partition coefficient (Wildman–Crippen LogP) is 5.27. The Morgan fingerprint density at radius 1 is 1.06 bits per heavy atom. The molecule has 5 rings (SSSR count). The zero-order valence-electron chi connectivity index (χ0n) is 20.2. The Labute approximate surface area is 208 Å². The van der Waals surface area contributed by atoms with E-state index in [4.69, 9.17) is 19.2 Å². The van der Waals surface area contributed by atoms with Crippen molar-refractivity contribution in [1.29, 1.82) is 0 Å². The van der Waals surface area contributed by atoms with Crippen LogP contribution in [-0.2, 0) is 11.2 Å². The Morgan fingerprint density at radius 2 is 1.86 bits per heavy atom. The van der Waals surface area contributed by atoms with Crippen LogP contribution >= 0.6 is 11.3 Å². The summed E-state index contributed by atoms with van der Waals surface area (Å²) in [6, 6.07) is 11.9. The van der Waals surface area contributed by atoms with Crippen LogP contribution in [0.3, 0.4) is 0 Å². The lowest BCUT2D eigenvalue weighted by Gasteiger charge is -2.32. The number of amides is 1. The molecule has 0 radical (unpaired) electrons. The number of thiazole rings is 1. The summed E-state index contributed by atoms with van der Waals surface area (Å²) in [4.78, 5) is 23.1. The van der Waals surface area contributed by atoms with E-state index in [1.807, 2.05) is 34.5 Å². The molecule has 1 N–H and O–H groups in total. The number of nitrogens with one attached hydrogen (secondary N) is 1. The van der Waals surface area contributed by atoms with Crippen molar-refractivity contribution in [3.63, 3.8) is 0 Å². The summed E-state index contributed by atoms with van der Waals surface area (Å²) in [5.74, 6) is 2.76. The second-order valence-corrected chi connectivity index (χ2v) is 9.56. The normalized spacial score (nSPS) is 14.3. The van der Waals surface area contributed by atoms with Gasteiger partial charge in [-0.1, -0.05) is 0 Å². The fourth-order valence-corrected chi connectivity index (χ4v) is 5.60. The molecule has 7 nitrogen and oxygen atoms in total. The highest BCUT2D eigenvalue weighted by molar-refractivity contribution is 7.13. The topological polar surface area (TPSA) is 76.7 Å². The minimum Gasteiger partial charge on any atom is -0.497 e. The number of rotatable bonds is 7. The van der Waals surface area contributed by atoms with E-state index in [1.165, 1.54) is 22.3 Å². The van der Waals surface area contributed by atoms with Crippen molar-refractivity contribution >= 4 is 28.1 Å². The van der Waals surface area contributed by atoms with E-state index < -0.39 is 0 Å². The van der Waals surface area contributed by atoms with E-state index >= 15 is 0 Å². The molecule has 0 saturated carbocycles. The number of benzene rings is 2. The van der Waals surface area contributed by atoms with Gasteiger partial charge in [0.1, 0.15) is 10.8 Å². The second kappa shape index (κ2) is 10.00. The molecular formula is C27H29N3O4S. The molecule has 1 saturated heterocycles. The number of hydrogen-bond acceptors (Lipinski definition) is 6. The molecule has 1 aliphatic heterocycles. The zero-order valence-corrected chi connectivity index (χ0v) is 21.0. The van der Waals surface area contributed by atoms with Gasteiger partial charge in [0.2, 0.25) is 5.91 Å². The summed E-state index contributed by atoms with van der Waals surface area (Å²) in [6.07, 6.45) is 4.32. The van der Waals surface area contributed by atoms with Crippen molar-refractivity contribution in [2.24, 2.45) is 0 Å². The van der Waals surface area contributed by atoms with Gasteiger partial charge in [0.25, 0.3) is 0 Å². The lowest BCUT2D eigenvalue weighted by atomic mass is 9.89. The van der Waals surface area contributed by atoms with Crippen molar-refractivity contribution in [3.05, 3.63) is 59.2 Å². The molecule has 2 aromatic carbocycles. The van der Waals surface area contributed by atoms with Gasteiger partial charge >= 0.3 is 0 Å². The lowest BCUT2D eigenvalue weighted by Crippen LogP contribution is -2.38. The Bertz CT molecular complexity index is 1340. The Kier molecular flexibility index (Phi) is 6.63. The molecule has 0 atom stereocenters. The summed E-state index contributed by atoms with van der Waals surface area (Å²) in [7, 11) is 4.92. The standard InChI is InChI=1S/C27H29N3O4S/c1-32-20-5-6-23-21(14-20)22(15-28-23)17-8-10-30(11-9-17)26(31)13-19-16-35-27(29-19)18-4-7-24(33-2)25(12-18)34-3/h4-7,12,14-17,28H,8-11,13H2,1-3H3. The third-order valence-corrected chi connectivity index (χ3v) is 7.66. The van der Waals surface area contributed by atoms with Crippen LogP contribution in [0.1, 0.15) is 30.0 Å². The lowest BCUT2D eigenvalue weighted by molar-refractivity contribution is -0.131. The number of H-pyrrole nitrogens is 1. The fraction of sp³-hybridized carbons (Fsp3) is 0.333. The van der Waals surface area contributed by atoms with Crippen LogP contribution < -0.4 is 14.2 Å². The highest BCUT2D eigenvalue weighted by atomic mass is 32.1. The fourth-order valence-electron chi connectivity index (χ4n) is 4.78. The van der Waals surface area contributed by atoms with Crippen LogP contribution in [0, 0.1) is 0 Å². The third kappa shape index (κ3) is 4.71. The number of aromatic nitrogens is 2. The van der Waals surface area contributed by atoms with Crippen LogP contribution in [0.25, 0.3) is 21.5 Å². The van der Waals surface area contributed by atoms with Gasteiger partial charge in [-0.3, -0.25) is 4.79 Å². The number of carbonyl (C=O) groups excluding carboxylic acids is 1. The minimum atomic E-state index is 0.133. The molecule has 1 aliphatic rings. The first-order valence-electron chi connectivity index (χ1n) is 11.7. The van der Waals surface area contributed by atoms with Crippen LogP contribution in [0.2, 0.25) is 0 Å². The van der Waals surface area contributed by atoms with Gasteiger partial charge in [-0.25, -0.2) is 4.98 Å². The van der Waals surface area contributed by atoms with Gasteiger partial charge in [-0.2, -0.15) is 0 Å². The molecule has 0 bridgehead atoms. The molecule has 35 heavy (non-hydrogen) atoms. The first kappa shape index (κ1) is 23.2.